The molecule has 2 saturated heterocycles. The lowest BCUT2D eigenvalue weighted by Crippen LogP contribution is -2.45. The third-order valence-electron chi connectivity index (χ3n) is 13.5. The molecule has 14 heteroatoms. The van der Waals surface area contributed by atoms with Crippen LogP contribution in [0, 0.1) is 0 Å². The smallest absolute Gasteiger partial charge is 0.335 e. The van der Waals surface area contributed by atoms with Gasteiger partial charge in [-0.25, -0.2) is 9.37 Å². The molecule has 3 aromatic carbocycles. The van der Waals surface area contributed by atoms with Crippen molar-refractivity contribution < 1.29 is 37.9 Å². The summed E-state index contributed by atoms with van der Waals surface area (Å²) >= 11 is 1.44. The number of hydrogen-bond donors (Lipinski definition) is 1. The SMILES string of the molecule is CN(C)c1cc[n+](-c2c(Sc3ccc(C(=O)O)cc3)c(-[n+]3ccc(N(C)C)cc3)c(-[n+]3ccc(N(C)C)cc3)c(C(=O)[O-])c2-c2c3ccc(=[N+]4CCCC4)cc-3oc3cc(N4CCCC4)ccc23)cc1. The third kappa shape index (κ3) is 8.68. The Kier molecular flexibility index (Phi) is 12.5. The van der Waals surface area contributed by atoms with Crippen molar-refractivity contribution in [3.8, 4) is 39.5 Å². The van der Waals surface area contributed by atoms with Gasteiger partial charge in [-0.05, 0) is 55.3 Å². The van der Waals surface area contributed by atoms with Crippen LogP contribution in [-0.2, 0) is 0 Å². The van der Waals surface area contributed by atoms with Crippen molar-refractivity contribution in [1.82, 2.24) is 4.58 Å². The molecule has 0 atom stereocenters. The fourth-order valence-corrected chi connectivity index (χ4v) is 10.9. The minimum absolute atomic E-state index is 0.0208. The molecule has 0 saturated carbocycles. The molecule has 0 radical (unpaired) electrons. The Balaban J connectivity index is 1.43. The third-order valence-corrected chi connectivity index (χ3v) is 14.6. The maximum Gasteiger partial charge on any atom is 0.335 e. The van der Waals surface area contributed by atoms with Gasteiger partial charge in [0.15, 0.2) is 42.1 Å². The first kappa shape index (κ1) is 46.0. The summed E-state index contributed by atoms with van der Waals surface area (Å²) in [5.74, 6) is -1.76. The van der Waals surface area contributed by atoms with Crippen molar-refractivity contribution in [3.05, 3.63) is 151 Å². The Bertz CT molecular complexity index is 3320. The number of carboxylic acids is 2. The van der Waals surface area contributed by atoms with E-state index in [1.165, 1.54) is 11.8 Å². The Hall–Kier alpha value is -7.71. The molecule has 13 nitrogen and oxygen atoms in total. The van der Waals surface area contributed by atoms with Gasteiger partial charge in [0.05, 0.1) is 28.7 Å². The van der Waals surface area contributed by atoms with Crippen molar-refractivity contribution in [1.29, 1.82) is 0 Å². The van der Waals surface area contributed by atoms with Crippen LogP contribution < -0.4 is 48.3 Å². The molecule has 3 aromatic heterocycles. The van der Waals surface area contributed by atoms with Gasteiger partial charge in [-0.2, -0.15) is 13.7 Å². The Labute approximate surface area is 412 Å². The lowest BCUT2D eigenvalue weighted by Gasteiger charge is -2.23. The van der Waals surface area contributed by atoms with Gasteiger partial charge in [0.2, 0.25) is 11.0 Å². The van der Waals surface area contributed by atoms with Crippen LogP contribution in [0.2, 0.25) is 0 Å². The van der Waals surface area contributed by atoms with Gasteiger partial charge < -0.3 is 39.0 Å². The molecule has 1 N–H and O–H groups in total. The highest BCUT2D eigenvalue weighted by molar-refractivity contribution is 7.99. The fraction of sp³-hybridized carbons (Fsp3) is 0.250. The van der Waals surface area contributed by atoms with Crippen LogP contribution in [0.1, 0.15) is 46.4 Å². The second-order valence-electron chi connectivity index (χ2n) is 18.6. The van der Waals surface area contributed by atoms with Crippen LogP contribution in [0.5, 0.6) is 0 Å². The minimum atomic E-state index is -1.36. The van der Waals surface area contributed by atoms with E-state index in [1.807, 2.05) is 144 Å². The summed E-state index contributed by atoms with van der Waals surface area (Å²) < 4.78 is 15.3. The van der Waals surface area contributed by atoms with E-state index >= 15 is 0 Å². The first-order valence-corrected chi connectivity index (χ1v) is 24.5. The second kappa shape index (κ2) is 19.0. The average molecular weight is 954 g/mol. The molecule has 4 aliphatic rings. The van der Waals surface area contributed by atoms with E-state index in [4.69, 9.17) is 4.42 Å². The number of carboxylic acid groups (broad SMARTS) is 2. The highest BCUT2D eigenvalue weighted by Crippen LogP contribution is 2.49. The van der Waals surface area contributed by atoms with Crippen LogP contribution in [0.15, 0.2) is 148 Å². The second-order valence-corrected chi connectivity index (χ2v) is 19.7. The maximum atomic E-state index is 14.9. The lowest BCUT2D eigenvalue weighted by atomic mass is 9.87. The predicted molar refractivity (Wildman–Crippen MR) is 273 cm³/mol. The van der Waals surface area contributed by atoms with Crippen LogP contribution >= 0.6 is 11.8 Å². The van der Waals surface area contributed by atoms with E-state index in [9.17, 15) is 19.8 Å². The van der Waals surface area contributed by atoms with Gasteiger partial charge in [-0.15, -0.1) is 0 Å². The maximum absolute atomic E-state index is 14.9. The lowest BCUT2D eigenvalue weighted by molar-refractivity contribution is -0.637. The van der Waals surface area contributed by atoms with Gasteiger partial charge in [-0.1, -0.05) is 11.8 Å². The number of anilines is 4. The fourth-order valence-electron chi connectivity index (χ4n) is 9.83. The number of fused-ring (bicyclic) bond motifs is 2. The summed E-state index contributed by atoms with van der Waals surface area (Å²) in [4.78, 5) is 36.9. The number of pyridine rings is 3. The summed E-state index contributed by atoms with van der Waals surface area (Å²) in [7, 11) is 11.9. The summed E-state index contributed by atoms with van der Waals surface area (Å²) in [6, 6.07) is 31.4. The minimum Gasteiger partial charge on any atom is -0.545 e. The standard InChI is InChI=1S/C56H56N8O5S/c1-57(2)38-19-29-62(30-20-38)51-50(56(67)68)49(48-44-17-13-41(60-25-7-8-26-60)35-46(44)69-47-36-42(14-18-45(47)48)61-27-9-10-28-61)52(63-31-21-39(22-32-63)58(3)4)54(70-43-15-11-37(12-16-43)55(65)66)53(51)64-33-23-40(24-34-64)59(5)6/h11-24,29-36H,7-10,25-28H2,1-6H3/q+2/p+1. The zero-order valence-electron chi connectivity index (χ0n) is 40.4. The molecule has 2 fully saturated rings. The normalized spacial score (nSPS) is 13.6. The largest absolute Gasteiger partial charge is 0.545 e. The van der Waals surface area contributed by atoms with Crippen LogP contribution in [-0.4, -0.2) is 85.5 Å². The zero-order valence-corrected chi connectivity index (χ0v) is 41.2. The number of nitrogens with zero attached hydrogens (tertiary/aromatic N) is 8. The number of aromatic nitrogens is 3. The van der Waals surface area contributed by atoms with Gasteiger partial charge >= 0.3 is 11.7 Å². The molecular weight excluding hydrogens is 897 g/mol. The average Bonchev–Trinajstić information content (AvgIpc) is 4.12. The molecule has 1 aliphatic carbocycles. The number of carbonyl (C=O) groups excluding carboxylic acids is 1. The number of rotatable bonds is 12. The quantitative estimate of drug-likeness (QED) is 0.106. The number of benzene rings is 4. The topological polar surface area (TPSA) is 118 Å². The van der Waals surface area contributed by atoms with Crippen molar-refractivity contribution in [2.75, 3.05) is 88.1 Å². The molecule has 0 spiro atoms. The molecule has 6 heterocycles. The number of carbonyl (C=O) groups is 2. The van der Waals surface area contributed by atoms with E-state index in [0.717, 1.165) is 95.8 Å². The van der Waals surface area contributed by atoms with E-state index < -0.39 is 11.9 Å². The predicted octanol–water partition coefficient (Wildman–Crippen LogP) is 6.61. The Morgan fingerprint density at radius 1 is 0.629 bits per heavy atom. The van der Waals surface area contributed by atoms with E-state index in [0.29, 0.717) is 44.4 Å². The van der Waals surface area contributed by atoms with Crippen molar-refractivity contribution in [3.63, 3.8) is 0 Å². The molecule has 10 rings (SSSR count). The molecule has 354 valence electrons. The van der Waals surface area contributed by atoms with Gasteiger partial charge in [0, 0.05) is 161 Å². The summed E-state index contributed by atoms with van der Waals surface area (Å²) in [5.41, 5.74) is 8.08. The molecule has 0 bridgehead atoms. The zero-order chi connectivity index (χ0) is 48.8. The monoisotopic (exact) mass is 953 g/mol. The molecule has 70 heavy (non-hydrogen) atoms. The highest BCUT2D eigenvalue weighted by atomic mass is 32.2. The van der Waals surface area contributed by atoms with Crippen molar-refractivity contribution >= 4 is 57.4 Å². The summed E-state index contributed by atoms with van der Waals surface area (Å²) in [6.07, 6.45) is 16.1. The summed E-state index contributed by atoms with van der Waals surface area (Å²) in [5, 5.41) is 26.6. The molecule has 0 amide bonds. The van der Waals surface area contributed by atoms with Gasteiger partial charge in [0.25, 0.3) is 5.69 Å². The van der Waals surface area contributed by atoms with Gasteiger partial charge in [0.1, 0.15) is 24.4 Å². The number of hydrogen-bond acceptors (Lipinski definition) is 9. The molecule has 6 aromatic rings. The first-order valence-electron chi connectivity index (χ1n) is 23.7. The van der Waals surface area contributed by atoms with Crippen LogP contribution in [0.3, 0.4) is 0 Å². The summed E-state index contributed by atoms with van der Waals surface area (Å²) in [6.45, 7) is 3.78. The first-order chi connectivity index (χ1) is 33.8. The van der Waals surface area contributed by atoms with E-state index in [1.54, 1.807) is 24.3 Å². The highest BCUT2D eigenvalue weighted by Gasteiger charge is 2.43. The van der Waals surface area contributed by atoms with E-state index in [-0.39, 0.29) is 11.1 Å². The molecule has 3 aliphatic heterocycles. The molecular formula is C56H57N8O5S+3. The number of aromatic carboxylic acids is 2. The van der Waals surface area contributed by atoms with Crippen LogP contribution in [0.25, 0.3) is 50.5 Å². The van der Waals surface area contributed by atoms with Crippen LogP contribution in [0.4, 0.5) is 22.7 Å². The molecule has 0 unspecified atom stereocenters. The Morgan fingerprint density at radius 3 is 1.70 bits per heavy atom. The van der Waals surface area contributed by atoms with Gasteiger partial charge in [-0.3, -0.25) is 0 Å². The van der Waals surface area contributed by atoms with Crippen molar-refractivity contribution in [2.45, 2.75) is 35.5 Å². The Morgan fingerprint density at radius 2 is 1.17 bits per heavy atom. The van der Waals surface area contributed by atoms with E-state index in [2.05, 4.69) is 45.9 Å². The van der Waals surface area contributed by atoms with Crippen molar-refractivity contribution in [2.24, 2.45) is 0 Å².